The molecule has 1 N–H and O–H groups in total. The number of rotatable bonds is 3. The highest BCUT2D eigenvalue weighted by Crippen LogP contribution is 2.37. The van der Waals surface area contributed by atoms with Gasteiger partial charge in [0.25, 0.3) is 0 Å². The van der Waals surface area contributed by atoms with Crippen molar-refractivity contribution in [3.05, 3.63) is 18.2 Å². The molecule has 0 radical (unpaired) electrons. The average Bonchev–Trinajstić information content (AvgIpc) is 2.50. The van der Waals surface area contributed by atoms with E-state index in [0.29, 0.717) is 17.1 Å². The van der Waals surface area contributed by atoms with Crippen LogP contribution in [0.5, 0.6) is 5.75 Å². The second-order valence-electron chi connectivity index (χ2n) is 5.55. The Morgan fingerprint density at radius 1 is 1.43 bits per heavy atom. The summed E-state index contributed by atoms with van der Waals surface area (Å²) in [6, 6.07) is 4.85. The zero-order chi connectivity index (χ0) is 15.8. The summed E-state index contributed by atoms with van der Waals surface area (Å²) >= 11 is 2.91. The topological polar surface area (TPSA) is 75.7 Å². The van der Waals surface area contributed by atoms with E-state index in [4.69, 9.17) is 4.74 Å². The lowest BCUT2D eigenvalue weighted by Gasteiger charge is -2.24. The second-order valence-corrected chi connectivity index (χ2v) is 8.57. The Bertz CT molecular complexity index is 673. The van der Waals surface area contributed by atoms with Crippen molar-refractivity contribution >= 4 is 43.2 Å². The van der Waals surface area contributed by atoms with Crippen molar-refractivity contribution in [1.82, 2.24) is 0 Å². The first-order valence-corrected chi connectivity index (χ1v) is 9.05. The third-order valence-corrected chi connectivity index (χ3v) is 5.85. The number of hydrogen-bond donors (Lipinski definition) is 1. The molecular weight excluding hydrogens is 360 g/mol. The molecule has 1 aromatic rings. The molecule has 2 rings (SSSR count). The number of fused-ring (bicyclic) bond motifs is 1. The van der Waals surface area contributed by atoms with E-state index >= 15 is 0 Å². The van der Waals surface area contributed by atoms with Crippen molar-refractivity contribution in [2.45, 2.75) is 13.8 Å². The van der Waals surface area contributed by atoms with Crippen LogP contribution in [0.2, 0.25) is 0 Å². The molecule has 0 spiro atoms. The van der Waals surface area contributed by atoms with Gasteiger partial charge < -0.3 is 9.64 Å². The Labute approximate surface area is 132 Å². The van der Waals surface area contributed by atoms with Crippen LogP contribution in [0, 0.1) is 5.41 Å². The standard InChI is InChI=1S/C13H17BrN2O4S/c1-13(2)7-20-11-6-9(15-21(18,19)8-14)4-5-10(11)16(3)12(13)17/h4-6,15H,7-8H2,1-3H3. The lowest BCUT2D eigenvalue weighted by Crippen LogP contribution is -2.39. The van der Waals surface area contributed by atoms with E-state index in [9.17, 15) is 13.2 Å². The number of sulfonamides is 1. The maximum Gasteiger partial charge on any atom is 0.242 e. The van der Waals surface area contributed by atoms with Gasteiger partial charge in [-0.2, -0.15) is 0 Å². The van der Waals surface area contributed by atoms with Crippen molar-refractivity contribution < 1.29 is 17.9 Å². The van der Waals surface area contributed by atoms with Gasteiger partial charge >= 0.3 is 0 Å². The minimum atomic E-state index is -3.42. The van der Waals surface area contributed by atoms with Crippen LogP contribution in [0.4, 0.5) is 11.4 Å². The molecule has 6 nitrogen and oxygen atoms in total. The third-order valence-electron chi connectivity index (χ3n) is 3.21. The highest BCUT2D eigenvalue weighted by molar-refractivity contribution is 9.10. The summed E-state index contributed by atoms with van der Waals surface area (Å²) in [5, 5.41) is 0. The molecule has 1 aliphatic rings. The zero-order valence-corrected chi connectivity index (χ0v) is 14.4. The van der Waals surface area contributed by atoms with Crippen LogP contribution in [0.25, 0.3) is 0 Å². The van der Waals surface area contributed by atoms with E-state index in [-0.39, 0.29) is 17.2 Å². The Morgan fingerprint density at radius 3 is 2.71 bits per heavy atom. The third kappa shape index (κ3) is 3.32. The molecule has 0 saturated carbocycles. The Kier molecular flexibility index (Phi) is 4.21. The molecular formula is C13H17BrN2O4S. The molecule has 0 atom stereocenters. The number of alkyl halides is 1. The van der Waals surface area contributed by atoms with Gasteiger partial charge in [0.15, 0.2) is 0 Å². The van der Waals surface area contributed by atoms with E-state index in [1.807, 2.05) is 13.8 Å². The van der Waals surface area contributed by atoms with Gasteiger partial charge in [-0.15, -0.1) is 0 Å². The predicted molar refractivity (Wildman–Crippen MR) is 85.5 cm³/mol. The van der Waals surface area contributed by atoms with Gasteiger partial charge in [-0.05, 0) is 26.0 Å². The van der Waals surface area contributed by atoms with Crippen LogP contribution in [0.3, 0.4) is 0 Å². The summed E-state index contributed by atoms with van der Waals surface area (Å²) in [5.41, 5.74) is 0.379. The van der Waals surface area contributed by atoms with Gasteiger partial charge in [0.2, 0.25) is 15.9 Å². The van der Waals surface area contributed by atoms with Crippen molar-refractivity contribution in [2.75, 3.05) is 27.9 Å². The molecule has 0 saturated heterocycles. The van der Waals surface area contributed by atoms with Crippen molar-refractivity contribution in [3.8, 4) is 5.75 Å². The fourth-order valence-corrected chi connectivity index (χ4v) is 2.94. The fraction of sp³-hybridized carbons (Fsp3) is 0.462. The summed E-state index contributed by atoms with van der Waals surface area (Å²) in [6.07, 6.45) is 0. The molecule has 1 aromatic carbocycles. The molecule has 21 heavy (non-hydrogen) atoms. The van der Waals surface area contributed by atoms with Gasteiger partial charge in [0.1, 0.15) is 17.0 Å². The van der Waals surface area contributed by atoms with Crippen LogP contribution in [0.1, 0.15) is 13.8 Å². The van der Waals surface area contributed by atoms with E-state index in [1.54, 1.807) is 25.2 Å². The molecule has 1 heterocycles. The van der Waals surface area contributed by atoms with Crippen LogP contribution >= 0.6 is 15.9 Å². The minimum Gasteiger partial charge on any atom is -0.490 e. The molecule has 0 aromatic heterocycles. The molecule has 8 heteroatoms. The first kappa shape index (κ1) is 16.1. The average molecular weight is 377 g/mol. The first-order valence-electron chi connectivity index (χ1n) is 6.28. The first-order chi connectivity index (χ1) is 9.66. The second kappa shape index (κ2) is 5.49. The monoisotopic (exact) mass is 376 g/mol. The Hall–Kier alpha value is -1.28. The summed E-state index contributed by atoms with van der Waals surface area (Å²) in [6.45, 7) is 3.86. The number of anilines is 2. The van der Waals surface area contributed by atoms with Gasteiger partial charge in [0, 0.05) is 13.1 Å². The number of nitrogens with one attached hydrogen (secondary N) is 1. The number of nitrogens with zero attached hydrogens (tertiary/aromatic N) is 1. The van der Waals surface area contributed by atoms with Crippen molar-refractivity contribution in [1.29, 1.82) is 0 Å². The number of benzene rings is 1. The maximum atomic E-state index is 12.3. The summed E-state index contributed by atoms with van der Waals surface area (Å²) in [5.74, 6) is 0.432. The highest BCUT2D eigenvalue weighted by atomic mass is 79.9. The SMILES string of the molecule is CN1C(=O)C(C)(C)COc2cc(NS(=O)(=O)CBr)ccc21. The summed E-state index contributed by atoms with van der Waals surface area (Å²) < 4.78 is 31.0. The smallest absolute Gasteiger partial charge is 0.242 e. The molecule has 116 valence electrons. The summed E-state index contributed by atoms with van der Waals surface area (Å²) in [7, 11) is -1.74. The van der Waals surface area contributed by atoms with E-state index in [2.05, 4.69) is 20.7 Å². The number of carbonyl (C=O) groups is 1. The van der Waals surface area contributed by atoms with Crippen LogP contribution in [-0.2, 0) is 14.8 Å². The lowest BCUT2D eigenvalue weighted by atomic mass is 9.93. The zero-order valence-electron chi connectivity index (χ0n) is 12.0. The molecule has 0 fully saturated rings. The fourth-order valence-electron chi connectivity index (χ4n) is 2.06. The predicted octanol–water partition coefficient (Wildman–Crippen LogP) is 2.16. The molecule has 1 aliphatic heterocycles. The number of carbonyl (C=O) groups excluding carboxylic acids is 1. The molecule has 0 unspecified atom stereocenters. The molecule has 0 aliphatic carbocycles. The van der Waals surface area contributed by atoms with Gasteiger partial charge in [-0.1, -0.05) is 15.9 Å². The maximum absolute atomic E-state index is 12.3. The summed E-state index contributed by atoms with van der Waals surface area (Å²) in [4.78, 5) is 13.9. The number of amides is 1. The molecule has 1 amide bonds. The van der Waals surface area contributed by atoms with Gasteiger partial charge in [-0.25, -0.2) is 8.42 Å². The van der Waals surface area contributed by atoms with Gasteiger partial charge in [-0.3, -0.25) is 9.52 Å². The van der Waals surface area contributed by atoms with E-state index < -0.39 is 15.4 Å². The number of halogens is 1. The highest BCUT2D eigenvalue weighted by Gasteiger charge is 2.36. The van der Waals surface area contributed by atoms with Crippen LogP contribution in [-0.4, -0.2) is 32.6 Å². The Morgan fingerprint density at radius 2 is 2.10 bits per heavy atom. The lowest BCUT2D eigenvalue weighted by molar-refractivity contribution is -0.127. The van der Waals surface area contributed by atoms with Crippen LogP contribution in [0.15, 0.2) is 18.2 Å². The largest absolute Gasteiger partial charge is 0.490 e. The molecule has 0 bridgehead atoms. The Balaban J connectivity index is 2.39. The van der Waals surface area contributed by atoms with E-state index in [1.165, 1.54) is 4.90 Å². The number of ether oxygens (including phenoxy) is 1. The van der Waals surface area contributed by atoms with Gasteiger partial charge in [0.05, 0.1) is 16.8 Å². The number of hydrogen-bond acceptors (Lipinski definition) is 4. The van der Waals surface area contributed by atoms with Crippen LogP contribution < -0.4 is 14.4 Å². The minimum absolute atomic E-state index is 0.0463. The normalized spacial score (nSPS) is 17.7. The van der Waals surface area contributed by atoms with Crippen molar-refractivity contribution in [2.24, 2.45) is 5.41 Å². The van der Waals surface area contributed by atoms with Crippen molar-refractivity contribution in [3.63, 3.8) is 0 Å². The quantitative estimate of drug-likeness (QED) is 0.820. The van der Waals surface area contributed by atoms with E-state index in [0.717, 1.165) is 0 Å².